The monoisotopic (exact) mass is 488 g/mol. The largest absolute Gasteiger partial charge is 0.474 e. The Morgan fingerprint density at radius 1 is 1.06 bits per heavy atom. The number of anilines is 3. The second kappa shape index (κ2) is 9.94. The van der Waals surface area contributed by atoms with Gasteiger partial charge in [0.15, 0.2) is 11.6 Å². The van der Waals surface area contributed by atoms with Gasteiger partial charge in [-0.25, -0.2) is 0 Å². The van der Waals surface area contributed by atoms with E-state index in [1.165, 1.54) is 0 Å². The average Bonchev–Trinajstić information content (AvgIpc) is 3.66. The molecule has 6 rings (SSSR count). The Balaban J connectivity index is 1.30. The molecule has 1 atom stereocenters. The van der Waals surface area contributed by atoms with Crippen LogP contribution < -0.4 is 15.0 Å². The predicted molar refractivity (Wildman–Crippen MR) is 132 cm³/mol. The molecule has 36 heavy (non-hydrogen) atoms. The molecule has 11 heteroatoms. The molecule has 0 radical (unpaired) electrons. The number of rotatable bonds is 7. The summed E-state index contributed by atoms with van der Waals surface area (Å²) < 4.78 is 17.5. The number of nitrogens with one attached hydrogen (secondary N) is 2. The minimum Gasteiger partial charge on any atom is -0.474 e. The number of hydrogen-bond donors (Lipinski definition) is 2. The van der Waals surface area contributed by atoms with Crippen LogP contribution in [0, 0.1) is 6.92 Å². The Hall–Kier alpha value is -3.99. The van der Waals surface area contributed by atoms with E-state index in [-0.39, 0.29) is 12.1 Å². The second-order valence-electron chi connectivity index (χ2n) is 9.06. The van der Waals surface area contributed by atoms with Crippen LogP contribution in [0.2, 0.25) is 0 Å². The Labute approximate surface area is 208 Å². The molecule has 4 aromatic rings. The topological polar surface area (TPSA) is 127 Å². The maximum absolute atomic E-state index is 6.27. The van der Waals surface area contributed by atoms with E-state index in [4.69, 9.17) is 24.0 Å². The zero-order valence-electron chi connectivity index (χ0n) is 20.1. The second-order valence-corrected chi connectivity index (χ2v) is 9.06. The average molecular weight is 489 g/mol. The number of hydrogen-bond acceptors (Lipinski definition) is 10. The molecule has 0 aliphatic carbocycles. The summed E-state index contributed by atoms with van der Waals surface area (Å²) in [5, 5.41) is 14.8. The van der Waals surface area contributed by atoms with Crippen molar-refractivity contribution in [2.75, 3.05) is 30.0 Å². The van der Waals surface area contributed by atoms with Crippen molar-refractivity contribution in [2.24, 2.45) is 0 Å². The first-order chi connectivity index (χ1) is 17.7. The molecule has 2 N–H and O–H groups in total. The van der Waals surface area contributed by atoms with E-state index in [1.54, 1.807) is 6.20 Å². The third kappa shape index (κ3) is 4.87. The summed E-state index contributed by atoms with van der Waals surface area (Å²) in [6.07, 6.45) is 5.38. The van der Waals surface area contributed by atoms with E-state index in [9.17, 15) is 0 Å². The summed E-state index contributed by atoms with van der Waals surface area (Å²) in [7, 11) is 0. The number of aromatic amines is 1. The summed E-state index contributed by atoms with van der Waals surface area (Å²) in [6.45, 7) is 4.14. The molecule has 0 amide bonds. The first kappa shape index (κ1) is 22.5. The Kier molecular flexibility index (Phi) is 6.20. The molecule has 186 valence electrons. The van der Waals surface area contributed by atoms with Gasteiger partial charge in [-0.1, -0.05) is 11.2 Å². The Morgan fingerprint density at radius 2 is 1.97 bits per heavy atom. The lowest BCUT2D eigenvalue weighted by atomic mass is 10.1. The van der Waals surface area contributed by atoms with Gasteiger partial charge in [-0.2, -0.15) is 15.1 Å². The summed E-state index contributed by atoms with van der Waals surface area (Å²) in [5.74, 6) is 3.17. The van der Waals surface area contributed by atoms with Crippen molar-refractivity contribution >= 4 is 17.6 Å². The minimum absolute atomic E-state index is 0.0335. The number of H-pyrrole nitrogens is 1. The molecule has 2 fully saturated rings. The molecule has 2 saturated heterocycles. The summed E-state index contributed by atoms with van der Waals surface area (Å²) in [5.41, 5.74) is 2.45. The van der Waals surface area contributed by atoms with Crippen LogP contribution in [-0.4, -0.2) is 56.2 Å². The van der Waals surface area contributed by atoms with E-state index in [2.05, 4.69) is 30.6 Å². The molecule has 0 aromatic carbocycles. The highest BCUT2D eigenvalue weighted by Gasteiger charge is 2.32. The van der Waals surface area contributed by atoms with Crippen molar-refractivity contribution in [1.29, 1.82) is 0 Å². The van der Waals surface area contributed by atoms with Gasteiger partial charge in [0.2, 0.25) is 11.8 Å². The number of aryl methyl sites for hydroxylation is 1. The van der Waals surface area contributed by atoms with Crippen LogP contribution in [0.25, 0.3) is 11.4 Å². The summed E-state index contributed by atoms with van der Waals surface area (Å²) >= 11 is 0. The lowest BCUT2D eigenvalue weighted by molar-refractivity contribution is 0.0237. The SMILES string of the molecule is Cc1cc(Nc2cc(OC3CCOCC3)nc(N3CCCC3c3cc(-c4ccccn4)no3)n2)n[nH]1. The lowest BCUT2D eigenvalue weighted by Crippen LogP contribution is -2.28. The van der Waals surface area contributed by atoms with E-state index >= 15 is 0 Å². The molecule has 1 unspecified atom stereocenters. The molecule has 2 aliphatic rings. The molecule has 11 nitrogen and oxygen atoms in total. The molecule has 0 bridgehead atoms. The van der Waals surface area contributed by atoms with Crippen LogP contribution in [-0.2, 0) is 4.74 Å². The number of pyridine rings is 1. The first-order valence-electron chi connectivity index (χ1n) is 12.3. The van der Waals surface area contributed by atoms with Crippen LogP contribution in [0.15, 0.2) is 47.1 Å². The molecule has 6 heterocycles. The summed E-state index contributed by atoms with van der Waals surface area (Å²) in [4.78, 5) is 16.2. The van der Waals surface area contributed by atoms with Gasteiger partial charge in [0, 0.05) is 49.5 Å². The van der Waals surface area contributed by atoms with Gasteiger partial charge in [0.1, 0.15) is 17.6 Å². The number of aromatic nitrogens is 6. The van der Waals surface area contributed by atoms with Crippen LogP contribution in [0.3, 0.4) is 0 Å². The van der Waals surface area contributed by atoms with Crippen LogP contribution in [0.1, 0.15) is 43.2 Å². The van der Waals surface area contributed by atoms with Gasteiger partial charge in [-0.15, -0.1) is 0 Å². The van der Waals surface area contributed by atoms with Crippen molar-refractivity contribution in [3.63, 3.8) is 0 Å². The van der Waals surface area contributed by atoms with E-state index in [1.807, 2.05) is 43.3 Å². The van der Waals surface area contributed by atoms with Gasteiger partial charge in [-0.3, -0.25) is 10.1 Å². The minimum atomic E-state index is -0.0335. The lowest BCUT2D eigenvalue weighted by Gasteiger charge is -2.26. The first-order valence-corrected chi connectivity index (χ1v) is 12.3. The van der Waals surface area contributed by atoms with Gasteiger partial charge < -0.3 is 24.2 Å². The molecular weight excluding hydrogens is 460 g/mol. The quantitative estimate of drug-likeness (QED) is 0.391. The summed E-state index contributed by atoms with van der Waals surface area (Å²) in [6, 6.07) is 11.4. The number of nitrogens with zero attached hydrogens (tertiary/aromatic N) is 6. The normalized spacial score (nSPS) is 18.5. The third-order valence-electron chi connectivity index (χ3n) is 6.40. The van der Waals surface area contributed by atoms with Gasteiger partial charge >= 0.3 is 0 Å². The van der Waals surface area contributed by atoms with Crippen LogP contribution >= 0.6 is 0 Å². The third-order valence-corrected chi connectivity index (χ3v) is 6.40. The maximum Gasteiger partial charge on any atom is 0.231 e. The van der Waals surface area contributed by atoms with Crippen LogP contribution in [0.5, 0.6) is 5.88 Å². The van der Waals surface area contributed by atoms with Crippen molar-refractivity contribution in [2.45, 2.75) is 44.8 Å². The highest BCUT2D eigenvalue weighted by Crippen LogP contribution is 2.37. The molecule has 2 aliphatic heterocycles. The van der Waals surface area contributed by atoms with Gasteiger partial charge in [-0.05, 0) is 31.9 Å². The highest BCUT2D eigenvalue weighted by atomic mass is 16.5. The Bertz CT molecular complexity index is 1300. The van der Waals surface area contributed by atoms with E-state index in [0.717, 1.165) is 49.4 Å². The van der Waals surface area contributed by atoms with Crippen molar-refractivity contribution in [3.8, 4) is 17.3 Å². The standard InChI is InChI=1S/C25H28N8O3/c1-16-13-23(31-30-16)27-22-15-24(35-17-7-11-34-12-8-17)29-25(28-22)33-10-4-6-20(33)21-14-19(32-36-21)18-5-2-3-9-26-18/h2-3,5,9,13-15,17,20H,4,6-8,10-12H2,1H3,(H2,27,28,29,30,31). The van der Waals surface area contributed by atoms with Gasteiger partial charge in [0.25, 0.3) is 0 Å². The van der Waals surface area contributed by atoms with Crippen molar-refractivity contribution in [1.82, 2.24) is 30.3 Å². The zero-order valence-corrected chi connectivity index (χ0v) is 20.1. The fourth-order valence-corrected chi connectivity index (χ4v) is 4.63. The van der Waals surface area contributed by atoms with Crippen molar-refractivity contribution < 1.29 is 14.0 Å². The highest BCUT2D eigenvalue weighted by molar-refractivity contribution is 5.57. The molecule has 0 saturated carbocycles. The molecule has 4 aromatic heterocycles. The van der Waals surface area contributed by atoms with Crippen LogP contribution in [0.4, 0.5) is 17.6 Å². The van der Waals surface area contributed by atoms with Crippen molar-refractivity contribution in [3.05, 3.63) is 54.0 Å². The smallest absolute Gasteiger partial charge is 0.231 e. The molecule has 0 spiro atoms. The Morgan fingerprint density at radius 3 is 2.78 bits per heavy atom. The number of ether oxygens (including phenoxy) is 2. The van der Waals surface area contributed by atoms with E-state index < -0.39 is 0 Å². The fraction of sp³-hybridized carbons (Fsp3) is 0.400. The predicted octanol–water partition coefficient (Wildman–Crippen LogP) is 4.20. The zero-order chi connectivity index (χ0) is 24.3. The fourth-order valence-electron chi connectivity index (χ4n) is 4.63. The van der Waals surface area contributed by atoms with Gasteiger partial charge in [0.05, 0.1) is 24.9 Å². The van der Waals surface area contributed by atoms with E-state index in [0.29, 0.717) is 42.4 Å². The maximum atomic E-state index is 6.27. The molecular formula is C25H28N8O3.